The molecule has 1 unspecified atom stereocenters. The van der Waals surface area contributed by atoms with Crippen molar-refractivity contribution in [3.63, 3.8) is 0 Å². The van der Waals surface area contributed by atoms with Crippen molar-refractivity contribution in [1.29, 1.82) is 0 Å². The van der Waals surface area contributed by atoms with Gasteiger partial charge in [-0.1, -0.05) is 28.8 Å². The molecular weight excluding hydrogens is 278 g/mol. The van der Waals surface area contributed by atoms with Crippen LogP contribution in [0.25, 0.3) is 11.0 Å². The van der Waals surface area contributed by atoms with Crippen LogP contribution in [0.15, 0.2) is 22.7 Å². The third-order valence-electron chi connectivity index (χ3n) is 3.49. The predicted molar refractivity (Wildman–Crippen MR) is 73.9 cm³/mol. The maximum Gasteiger partial charge on any atom is 0.201 e. The summed E-state index contributed by atoms with van der Waals surface area (Å²) >= 11 is 3.51. The Balaban J connectivity index is 2.06. The number of imidazole rings is 1. The highest BCUT2D eigenvalue weighted by Crippen LogP contribution is 2.38. The molecule has 2 aromatic rings. The Bertz CT molecular complexity index is 557. The number of nitrogens with two attached hydrogens (primary N) is 1. The summed E-state index contributed by atoms with van der Waals surface area (Å²) in [6.07, 6.45) is 3.96. The highest BCUT2D eigenvalue weighted by atomic mass is 79.9. The molecule has 0 spiro atoms. The summed E-state index contributed by atoms with van der Waals surface area (Å²) in [5, 5.41) is 0. The molecule has 1 saturated carbocycles. The molecule has 90 valence electrons. The fourth-order valence-corrected chi connectivity index (χ4v) is 2.84. The molecule has 4 heteroatoms. The predicted octanol–water partition coefficient (Wildman–Crippen LogP) is 3.74. The molecule has 0 amide bonds. The van der Waals surface area contributed by atoms with Crippen LogP contribution in [-0.2, 0) is 0 Å². The molecule has 0 bridgehead atoms. The number of hydrogen-bond donors (Lipinski definition) is 1. The second-order valence-electron chi connectivity index (χ2n) is 5.00. The zero-order valence-corrected chi connectivity index (χ0v) is 11.4. The Hall–Kier alpha value is -1.03. The van der Waals surface area contributed by atoms with Crippen LogP contribution >= 0.6 is 15.9 Å². The lowest BCUT2D eigenvalue weighted by Crippen LogP contribution is -2.09. The summed E-state index contributed by atoms with van der Waals surface area (Å²) in [5.41, 5.74) is 8.15. The summed E-state index contributed by atoms with van der Waals surface area (Å²) in [7, 11) is 0. The first-order valence-electron chi connectivity index (χ1n) is 6.08. The highest BCUT2D eigenvalue weighted by Gasteiger charge is 2.25. The average Bonchev–Trinajstić information content (AvgIpc) is 3.00. The van der Waals surface area contributed by atoms with Crippen molar-refractivity contribution in [3.8, 4) is 0 Å². The second-order valence-corrected chi connectivity index (χ2v) is 5.92. The van der Waals surface area contributed by atoms with Crippen LogP contribution in [0.4, 0.5) is 5.95 Å². The monoisotopic (exact) mass is 293 g/mol. The first-order chi connectivity index (χ1) is 8.15. The molecule has 0 saturated heterocycles. The van der Waals surface area contributed by atoms with E-state index < -0.39 is 0 Å². The van der Waals surface area contributed by atoms with E-state index in [9.17, 15) is 0 Å². The number of nitrogen functional groups attached to an aromatic ring is 1. The zero-order chi connectivity index (χ0) is 12.0. The maximum absolute atomic E-state index is 6.04. The minimum Gasteiger partial charge on any atom is -0.369 e. The lowest BCUT2D eigenvalue weighted by molar-refractivity contribution is 0.492. The van der Waals surface area contributed by atoms with Crippen LogP contribution in [0, 0.1) is 5.92 Å². The molecule has 2 N–H and O–H groups in total. The van der Waals surface area contributed by atoms with Crippen molar-refractivity contribution in [2.45, 2.75) is 32.2 Å². The topological polar surface area (TPSA) is 43.8 Å². The van der Waals surface area contributed by atoms with Crippen LogP contribution in [0.2, 0.25) is 0 Å². The van der Waals surface area contributed by atoms with Crippen LogP contribution in [0.1, 0.15) is 32.2 Å². The normalized spacial score (nSPS) is 17.5. The molecule has 1 atom stereocenters. The van der Waals surface area contributed by atoms with Gasteiger partial charge < -0.3 is 10.3 Å². The van der Waals surface area contributed by atoms with E-state index in [2.05, 4.69) is 38.5 Å². The van der Waals surface area contributed by atoms with Crippen LogP contribution in [0.5, 0.6) is 0 Å². The molecule has 17 heavy (non-hydrogen) atoms. The Morgan fingerprint density at radius 1 is 1.53 bits per heavy atom. The SMILES string of the molecule is CC(CC1CC1)n1c(N)nc2ccc(Br)cc21. The fourth-order valence-electron chi connectivity index (χ4n) is 2.49. The lowest BCUT2D eigenvalue weighted by atomic mass is 10.1. The molecule has 0 radical (unpaired) electrons. The number of rotatable bonds is 3. The Morgan fingerprint density at radius 2 is 2.29 bits per heavy atom. The Morgan fingerprint density at radius 3 is 3.00 bits per heavy atom. The summed E-state index contributed by atoms with van der Waals surface area (Å²) < 4.78 is 3.24. The van der Waals surface area contributed by atoms with Gasteiger partial charge in [0.25, 0.3) is 0 Å². The van der Waals surface area contributed by atoms with Gasteiger partial charge in [-0.25, -0.2) is 4.98 Å². The van der Waals surface area contributed by atoms with Crippen molar-refractivity contribution >= 4 is 32.9 Å². The molecule has 3 rings (SSSR count). The summed E-state index contributed by atoms with van der Waals surface area (Å²) in [6, 6.07) is 6.55. The summed E-state index contributed by atoms with van der Waals surface area (Å²) in [5.74, 6) is 1.53. The Kier molecular flexibility index (Phi) is 2.62. The first kappa shape index (κ1) is 11.1. The number of hydrogen-bond acceptors (Lipinski definition) is 2. The van der Waals surface area contributed by atoms with E-state index >= 15 is 0 Å². The van der Waals surface area contributed by atoms with Gasteiger partial charge in [-0.15, -0.1) is 0 Å². The third kappa shape index (κ3) is 2.06. The molecule has 1 fully saturated rings. The molecule has 0 aliphatic heterocycles. The van der Waals surface area contributed by atoms with Crippen molar-refractivity contribution < 1.29 is 0 Å². The molecule has 1 aromatic carbocycles. The third-order valence-corrected chi connectivity index (χ3v) is 3.98. The van der Waals surface area contributed by atoms with Crippen molar-refractivity contribution in [3.05, 3.63) is 22.7 Å². The fraction of sp³-hybridized carbons (Fsp3) is 0.462. The maximum atomic E-state index is 6.04. The molecule has 3 nitrogen and oxygen atoms in total. The van der Waals surface area contributed by atoms with E-state index in [-0.39, 0.29) is 0 Å². The number of fused-ring (bicyclic) bond motifs is 1. The van der Waals surface area contributed by atoms with E-state index in [4.69, 9.17) is 5.73 Å². The summed E-state index contributed by atoms with van der Waals surface area (Å²) in [4.78, 5) is 4.42. The highest BCUT2D eigenvalue weighted by molar-refractivity contribution is 9.10. The van der Waals surface area contributed by atoms with Crippen molar-refractivity contribution in [2.75, 3.05) is 5.73 Å². The molecule has 1 aromatic heterocycles. The van der Waals surface area contributed by atoms with Crippen LogP contribution < -0.4 is 5.73 Å². The standard InChI is InChI=1S/C13H16BrN3/c1-8(6-9-2-3-9)17-12-7-10(14)4-5-11(12)16-13(17)15/h4-5,7-9H,2-3,6H2,1H3,(H2,15,16). The van der Waals surface area contributed by atoms with Gasteiger partial charge in [0.1, 0.15) is 0 Å². The summed E-state index contributed by atoms with van der Waals surface area (Å²) in [6.45, 7) is 2.23. The second kappa shape index (κ2) is 4.02. The van der Waals surface area contributed by atoms with E-state index in [1.165, 1.54) is 19.3 Å². The quantitative estimate of drug-likeness (QED) is 0.937. The average molecular weight is 294 g/mol. The Labute approximate surface area is 109 Å². The van der Waals surface area contributed by atoms with E-state index in [0.717, 1.165) is 21.4 Å². The zero-order valence-electron chi connectivity index (χ0n) is 9.86. The number of aromatic nitrogens is 2. The van der Waals surface area contributed by atoms with Crippen molar-refractivity contribution in [1.82, 2.24) is 9.55 Å². The van der Waals surface area contributed by atoms with E-state index in [1.807, 2.05) is 12.1 Å². The minimum absolute atomic E-state index is 0.432. The lowest BCUT2D eigenvalue weighted by Gasteiger charge is -2.15. The molecule has 1 aliphatic carbocycles. The van der Waals surface area contributed by atoms with E-state index in [0.29, 0.717) is 12.0 Å². The minimum atomic E-state index is 0.432. The van der Waals surface area contributed by atoms with Crippen LogP contribution in [-0.4, -0.2) is 9.55 Å². The van der Waals surface area contributed by atoms with Gasteiger partial charge >= 0.3 is 0 Å². The van der Waals surface area contributed by atoms with Crippen molar-refractivity contribution in [2.24, 2.45) is 5.92 Å². The van der Waals surface area contributed by atoms with Gasteiger partial charge in [0.15, 0.2) is 0 Å². The number of halogens is 1. The smallest absolute Gasteiger partial charge is 0.201 e. The van der Waals surface area contributed by atoms with Gasteiger partial charge in [-0.2, -0.15) is 0 Å². The first-order valence-corrected chi connectivity index (χ1v) is 6.87. The van der Waals surface area contributed by atoms with Crippen LogP contribution in [0.3, 0.4) is 0 Å². The van der Waals surface area contributed by atoms with Gasteiger partial charge in [-0.3, -0.25) is 0 Å². The molecule has 1 aliphatic rings. The molecule has 1 heterocycles. The largest absolute Gasteiger partial charge is 0.369 e. The number of anilines is 1. The van der Waals surface area contributed by atoms with E-state index in [1.54, 1.807) is 0 Å². The molecular formula is C13H16BrN3. The number of nitrogens with zero attached hydrogens (tertiary/aromatic N) is 2. The number of benzene rings is 1. The van der Waals surface area contributed by atoms with Gasteiger partial charge in [0.05, 0.1) is 11.0 Å². The van der Waals surface area contributed by atoms with Gasteiger partial charge in [-0.05, 0) is 37.5 Å². The van der Waals surface area contributed by atoms with Gasteiger partial charge in [0, 0.05) is 10.5 Å². The van der Waals surface area contributed by atoms with Gasteiger partial charge in [0.2, 0.25) is 5.95 Å².